The van der Waals surface area contributed by atoms with Gasteiger partial charge in [0.25, 0.3) is 5.69 Å². The van der Waals surface area contributed by atoms with Crippen molar-refractivity contribution in [1.29, 1.82) is 0 Å². The second kappa shape index (κ2) is 4.67. The monoisotopic (exact) mass is 239 g/mol. The van der Waals surface area contributed by atoms with Crippen LogP contribution in [-0.2, 0) is 0 Å². The van der Waals surface area contributed by atoms with E-state index < -0.39 is 10.7 Å². The first-order chi connectivity index (χ1) is 8.09. The van der Waals surface area contributed by atoms with Crippen LogP contribution in [0.2, 0.25) is 0 Å². The van der Waals surface area contributed by atoms with Gasteiger partial charge in [-0.15, -0.1) is 0 Å². The number of halogens is 1. The third-order valence-electron chi connectivity index (χ3n) is 2.93. The summed E-state index contributed by atoms with van der Waals surface area (Å²) in [6, 6.07) is 3.71. The van der Waals surface area contributed by atoms with Gasteiger partial charge in [0.2, 0.25) is 0 Å². The Balaban J connectivity index is 2.10. The molecule has 0 radical (unpaired) electrons. The van der Waals surface area contributed by atoms with Crippen LogP contribution in [0.5, 0.6) is 0 Å². The van der Waals surface area contributed by atoms with Crippen molar-refractivity contribution in [3.05, 3.63) is 34.1 Å². The highest BCUT2D eigenvalue weighted by Gasteiger charge is 2.29. The Morgan fingerprint density at radius 3 is 2.88 bits per heavy atom. The van der Waals surface area contributed by atoms with Gasteiger partial charge in [-0.3, -0.25) is 10.1 Å². The van der Waals surface area contributed by atoms with Gasteiger partial charge in [-0.1, -0.05) is 6.07 Å². The van der Waals surface area contributed by atoms with E-state index in [2.05, 4.69) is 5.32 Å². The molecule has 1 saturated carbocycles. The summed E-state index contributed by atoms with van der Waals surface area (Å²) in [7, 11) is 0. The number of nitro groups is 1. The van der Waals surface area contributed by atoms with E-state index in [1.54, 1.807) is 0 Å². The maximum absolute atomic E-state index is 13.5. The van der Waals surface area contributed by atoms with Crippen molar-refractivity contribution >= 4 is 11.4 Å². The van der Waals surface area contributed by atoms with E-state index in [-0.39, 0.29) is 17.4 Å². The Hall–Kier alpha value is -1.69. The number of rotatable bonds is 5. The quantitative estimate of drug-likeness (QED) is 0.607. The molecule has 1 fully saturated rings. The summed E-state index contributed by atoms with van der Waals surface area (Å²) in [5, 5.41) is 13.5. The number of nitrogens with zero attached hydrogens (tertiary/aromatic N) is 1. The van der Waals surface area contributed by atoms with Crippen molar-refractivity contribution < 1.29 is 9.31 Å². The third-order valence-corrected chi connectivity index (χ3v) is 2.93. The highest BCUT2D eigenvalue weighted by Crippen LogP contribution is 2.32. The molecule has 3 N–H and O–H groups in total. The third kappa shape index (κ3) is 2.71. The van der Waals surface area contributed by atoms with Gasteiger partial charge in [0.1, 0.15) is 5.69 Å². The van der Waals surface area contributed by atoms with E-state index in [1.807, 2.05) is 0 Å². The predicted octanol–water partition coefficient (Wildman–Crippen LogP) is 1.88. The number of anilines is 1. The molecule has 1 unspecified atom stereocenters. The van der Waals surface area contributed by atoms with Crippen molar-refractivity contribution in [3.8, 4) is 0 Å². The number of nitro benzene ring substituents is 1. The lowest BCUT2D eigenvalue weighted by Gasteiger charge is -2.13. The lowest BCUT2D eigenvalue weighted by molar-refractivity contribution is -0.384. The molecule has 1 aromatic carbocycles. The number of hydrogen-bond donors (Lipinski definition) is 2. The fourth-order valence-electron chi connectivity index (χ4n) is 1.75. The summed E-state index contributed by atoms with van der Waals surface area (Å²) in [6.07, 6.45) is 2.17. The summed E-state index contributed by atoms with van der Waals surface area (Å²) < 4.78 is 13.5. The first-order valence-electron chi connectivity index (χ1n) is 5.52. The second-order valence-corrected chi connectivity index (χ2v) is 4.27. The van der Waals surface area contributed by atoms with Crippen molar-refractivity contribution in [2.45, 2.75) is 18.9 Å². The highest BCUT2D eigenvalue weighted by molar-refractivity contribution is 5.62. The zero-order valence-electron chi connectivity index (χ0n) is 9.23. The van der Waals surface area contributed by atoms with Crippen molar-refractivity contribution in [2.75, 3.05) is 11.9 Å². The zero-order valence-corrected chi connectivity index (χ0v) is 9.23. The van der Waals surface area contributed by atoms with Gasteiger partial charge in [-0.05, 0) is 24.8 Å². The molecule has 0 saturated heterocycles. The Morgan fingerprint density at radius 2 is 2.29 bits per heavy atom. The van der Waals surface area contributed by atoms with Crippen LogP contribution in [0.3, 0.4) is 0 Å². The van der Waals surface area contributed by atoms with Crippen LogP contribution in [0.4, 0.5) is 15.8 Å². The van der Waals surface area contributed by atoms with Crippen molar-refractivity contribution in [1.82, 2.24) is 0 Å². The van der Waals surface area contributed by atoms with Crippen LogP contribution in [-0.4, -0.2) is 17.5 Å². The van der Waals surface area contributed by atoms with Crippen LogP contribution in [0, 0.1) is 21.8 Å². The van der Waals surface area contributed by atoms with Crippen molar-refractivity contribution in [3.63, 3.8) is 0 Å². The molecule has 92 valence electrons. The van der Waals surface area contributed by atoms with Gasteiger partial charge < -0.3 is 11.1 Å². The summed E-state index contributed by atoms with van der Waals surface area (Å²) in [4.78, 5) is 10.1. The Bertz CT molecular complexity index is 435. The molecule has 6 heteroatoms. The van der Waals surface area contributed by atoms with E-state index in [1.165, 1.54) is 18.2 Å². The van der Waals surface area contributed by atoms with E-state index in [0.29, 0.717) is 12.5 Å². The maximum atomic E-state index is 13.5. The highest BCUT2D eigenvalue weighted by atomic mass is 19.1. The number of nitrogens with two attached hydrogens (primary N) is 1. The molecule has 1 aromatic rings. The standard InChI is InChI=1S/C11H14FN3O2/c12-8-2-1-3-10(15(16)17)11(8)14-6-9(13)7-4-5-7/h1-3,7,9,14H,4-6,13H2. The van der Waals surface area contributed by atoms with Gasteiger partial charge in [0, 0.05) is 18.7 Å². The number of para-hydroxylation sites is 1. The predicted molar refractivity (Wildman–Crippen MR) is 62.2 cm³/mol. The molecular weight excluding hydrogens is 225 g/mol. The SMILES string of the molecule is NC(CNc1c(F)cccc1[N+](=O)[O-])C1CC1. The van der Waals surface area contributed by atoms with Crippen LogP contribution in [0.25, 0.3) is 0 Å². The first kappa shape index (κ1) is 11.8. The average molecular weight is 239 g/mol. The van der Waals surface area contributed by atoms with Crippen LogP contribution in [0.1, 0.15) is 12.8 Å². The molecule has 2 rings (SSSR count). The Morgan fingerprint density at radius 1 is 1.59 bits per heavy atom. The first-order valence-corrected chi connectivity index (χ1v) is 5.52. The Labute approximate surface area is 98.0 Å². The van der Waals surface area contributed by atoms with Crippen LogP contribution < -0.4 is 11.1 Å². The zero-order chi connectivity index (χ0) is 12.4. The maximum Gasteiger partial charge on any atom is 0.295 e. The molecule has 0 amide bonds. The molecule has 0 spiro atoms. The summed E-state index contributed by atoms with van der Waals surface area (Å²) in [6.45, 7) is 0.354. The van der Waals surface area contributed by atoms with E-state index in [4.69, 9.17) is 5.73 Å². The van der Waals surface area contributed by atoms with E-state index in [9.17, 15) is 14.5 Å². The number of benzene rings is 1. The fraction of sp³-hybridized carbons (Fsp3) is 0.455. The van der Waals surface area contributed by atoms with Gasteiger partial charge in [-0.25, -0.2) is 4.39 Å². The number of nitrogens with one attached hydrogen (secondary N) is 1. The Kier molecular flexibility index (Phi) is 3.23. The van der Waals surface area contributed by atoms with Gasteiger partial charge in [-0.2, -0.15) is 0 Å². The molecule has 0 aromatic heterocycles. The second-order valence-electron chi connectivity index (χ2n) is 4.27. The minimum atomic E-state index is -0.623. The van der Waals surface area contributed by atoms with E-state index in [0.717, 1.165) is 12.8 Å². The summed E-state index contributed by atoms with van der Waals surface area (Å²) in [5.74, 6) is -0.157. The molecule has 0 bridgehead atoms. The fourth-order valence-corrected chi connectivity index (χ4v) is 1.75. The largest absolute Gasteiger partial charge is 0.376 e. The van der Waals surface area contributed by atoms with Crippen molar-refractivity contribution in [2.24, 2.45) is 11.7 Å². The summed E-state index contributed by atoms with van der Waals surface area (Å²) >= 11 is 0. The lowest BCUT2D eigenvalue weighted by Crippen LogP contribution is -2.31. The minimum Gasteiger partial charge on any atom is -0.376 e. The molecule has 1 aliphatic rings. The molecule has 17 heavy (non-hydrogen) atoms. The van der Waals surface area contributed by atoms with Crippen LogP contribution in [0.15, 0.2) is 18.2 Å². The van der Waals surface area contributed by atoms with Crippen LogP contribution >= 0.6 is 0 Å². The van der Waals surface area contributed by atoms with E-state index >= 15 is 0 Å². The number of hydrogen-bond acceptors (Lipinski definition) is 4. The minimum absolute atomic E-state index is 0.0748. The van der Waals surface area contributed by atoms with Gasteiger partial charge in [0.05, 0.1) is 4.92 Å². The van der Waals surface area contributed by atoms with Gasteiger partial charge in [0.15, 0.2) is 5.82 Å². The average Bonchev–Trinajstić information content (AvgIpc) is 3.10. The molecule has 0 aliphatic heterocycles. The van der Waals surface area contributed by atoms with Gasteiger partial charge >= 0.3 is 0 Å². The molecule has 1 aliphatic carbocycles. The lowest BCUT2D eigenvalue weighted by atomic mass is 10.2. The normalized spacial score (nSPS) is 16.6. The smallest absolute Gasteiger partial charge is 0.295 e. The topological polar surface area (TPSA) is 81.2 Å². The molecular formula is C11H14FN3O2. The molecule has 5 nitrogen and oxygen atoms in total. The summed E-state index contributed by atoms with van der Waals surface area (Å²) in [5.41, 5.74) is 5.52. The molecule has 0 heterocycles. The molecule has 1 atom stereocenters.